The van der Waals surface area contributed by atoms with E-state index in [1.807, 2.05) is 12.1 Å². The van der Waals surface area contributed by atoms with E-state index in [0.29, 0.717) is 54.0 Å². The van der Waals surface area contributed by atoms with Crippen molar-refractivity contribution in [1.29, 1.82) is 0 Å². The number of hydrogen-bond acceptors (Lipinski definition) is 3. The number of carbonyl (C=O) groups is 1. The highest BCUT2D eigenvalue weighted by molar-refractivity contribution is 5.78. The van der Waals surface area contributed by atoms with E-state index >= 15 is 0 Å². The average Bonchev–Trinajstić information content (AvgIpc) is 2.95. The minimum atomic E-state index is -0.170. The second-order valence-electron chi connectivity index (χ2n) is 8.57. The largest absolute Gasteiger partial charge is 0.508 e. The van der Waals surface area contributed by atoms with Gasteiger partial charge in [0.1, 0.15) is 11.5 Å². The van der Waals surface area contributed by atoms with Crippen LogP contribution in [0.5, 0.6) is 5.75 Å². The van der Waals surface area contributed by atoms with Crippen LogP contribution in [0.25, 0.3) is 0 Å². The van der Waals surface area contributed by atoms with Crippen LogP contribution in [-0.4, -0.2) is 22.1 Å². The van der Waals surface area contributed by atoms with E-state index in [1.54, 1.807) is 0 Å². The highest BCUT2D eigenvalue weighted by Crippen LogP contribution is 2.58. The molecule has 3 nitrogen and oxygen atoms in total. The summed E-state index contributed by atoms with van der Waals surface area (Å²) in [6, 6.07) is 5.83. The molecule has 0 heterocycles. The van der Waals surface area contributed by atoms with Gasteiger partial charge in [0.05, 0.1) is 6.10 Å². The Balaban J connectivity index is 1.69. The minimum Gasteiger partial charge on any atom is -0.508 e. The molecule has 1 aromatic carbocycles. The SMILES string of the molecule is CCCC(=O)C[C@H]1CC2C(CC[C@@H]2O)C2CCc3cc(O)ccc3C21. The molecule has 0 aliphatic heterocycles. The minimum absolute atomic E-state index is 0.170. The molecule has 0 aromatic heterocycles. The van der Waals surface area contributed by atoms with E-state index in [2.05, 4.69) is 13.0 Å². The summed E-state index contributed by atoms with van der Waals surface area (Å²) >= 11 is 0. The fraction of sp³-hybridized carbons (Fsp3) is 0.682. The van der Waals surface area contributed by atoms with Crippen LogP contribution in [0.1, 0.15) is 68.9 Å². The zero-order valence-corrected chi connectivity index (χ0v) is 15.2. The second-order valence-corrected chi connectivity index (χ2v) is 8.57. The van der Waals surface area contributed by atoms with E-state index in [-0.39, 0.29) is 6.10 Å². The molecule has 0 radical (unpaired) electrons. The Labute approximate surface area is 150 Å². The Kier molecular flexibility index (Phi) is 4.61. The first kappa shape index (κ1) is 17.1. The first-order valence-electron chi connectivity index (χ1n) is 10.1. The monoisotopic (exact) mass is 342 g/mol. The smallest absolute Gasteiger partial charge is 0.133 e. The van der Waals surface area contributed by atoms with Gasteiger partial charge in [0.2, 0.25) is 0 Å². The van der Waals surface area contributed by atoms with Crippen LogP contribution in [-0.2, 0) is 11.2 Å². The van der Waals surface area contributed by atoms with Crippen molar-refractivity contribution in [3.8, 4) is 5.75 Å². The molecule has 0 amide bonds. The summed E-state index contributed by atoms with van der Waals surface area (Å²) in [5, 5.41) is 20.3. The van der Waals surface area contributed by atoms with Crippen molar-refractivity contribution in [2.45, 2.75) is 70.3 Å². The van der Waals surface area contributed by atoms with Gasteiger partial charge in [-0.3, -0.25) is 4.79 Å². The third kappa shape index (κ3) is 3.01. The molecule has 4 unspecified atom stereocenters. The standard InChI is InChI=1S/C22H30O3/c1-2-3-15(23)11-14-12-20-18(8-9-21(20)25)19-6-4-13-10-16(24)5-7-17(13)22(14)19/h5,7,10,14,18-22,24-25H,2-4,6,8-9,11-12H2,1H3/t14-,18?,19?,20?,21-,22?/m0/s1. The fourth-order valence-electron chi connectivity index (χ4n) is 6.27. The van der Waals surface area contributed by atoms with Gasteiger partial charge in [-0.15, -0.1) is 0 Å². The van der Waals surface area contributed by atoms with E-state index in [4.69, 9.17) is 0 Å². The number of Topliss-reactive ketones (excluding diaryl/α,β-unsaturated/α-hetero) is 1. The Morgan fingerprint density at radius 1 is 1.16 bits per heavy atom. The molecular weight excluding hydrogens is 312 g/mol. The summed E-state index contributed by atoms with van der Waals surface area (Å²) in [6.07, 6.45) is 7.27. The zero-order valence-electron chi connectivity index (χ0n) is 15.2. The number of rotatable bonds is 4. The third-order valence-corrected chi connectivity index (χ3v) is 7.19. The third-order valence-electron chi connectivity index (χ3n) is 7.19. The van der Waals surface area contributed by atoms with Crippen molar-refractivity contribution in [1.82, 2.24) is 0 Å². The maximum absolute atomic E-state index is 12.4. The van der Waals surface area contributed by atoms with Crippen LogP contribution >= 0.6 is 0 Å². The predicted octanol–water partition coefficient (Wildman–Crippen LogP) is 4.20. The molecule has 2 N–H and O–H groups in total. The molecule has 0 saturated heterocycles. The van der Waals surface area contributed by atoms with Crippen molar-refractivity contribution >= 4 is 5.78 Å². The summed E-state index contributed by atoms with van der Waals surface area (Å²) in [5.41, 5.74) is 2.63. The van der Waals surface area contributed by atoms with Crippen molar-refractivity contribution < 1.29 is 15.0 Å². The number of benzene rings is 1. The van der Waals surface area contributed by atoms with E-state index < -0.39 is 0 Å². The predicted molar refractivity (Wildman–Crippen MR) is 97.5 cm³/mol. The topological polar surface area (TPSA) is 57.5 Å². The molecule has 25 heavy (non-hydrogen) atoms. The van der Waals surface area contributed by atoms with Crippen LogP contribution in [0.3, 0.4) is 0 Å². The number of fused-ring (bicyclic) bond motifs is 5. The maximum atomic E-state index is 12.4. The lowest BCUT2D eigenvalue weighted by Crippen LogP contribution is -2.42. The van der Waals surface area contributed by atoms with Crippen molar-refractivity contribution in [2.24, 2.45) is 23.7 Å². The van der Waals surface area contributed by atoms with Gasteiger partial charge in [0, 0.05) is 12.8 Å². The molecule has 136 valence electrons. The number of ketones is 1. The Bertz CT molecular complexity index is 653. The first-order chi connectivity index (χ1) is 12.1. The highest BCUT2D eigenvalue weighted by Gasteiger charge is 2.51. The lowest BCUT2D eigenvalue weighted by atomic mass is 9.56. The van der Waals surface area contributed by atoms with Gasteiger partial charge < -0.3 is 10.2 Å². The fourth-order valence-corrected chi connectivity index (χ4v) is 6.27. The Hall–Kier alpha value is -1.35. The number of phenolic OH excluding ortho intramolecular Hbond substituents is 1. The number of aliphatic hydroxyl groups excluding tert-OH is 1. The van der Waals surface area contributed by atoms with Gasteiger partial charge in [-0.1, -0.05) is 13.0 Å². The summed E-state index contributed by atoms with van der Waals surface area (Å²) in [5.74, 6) is 3.09. The first-order valence-corrected chi connectivity index (χ1v) is 10.1. The van der Waals surface area contributed by atoms with Crippen molar-refractivity contribution in [3.05, 3.63) is 29.3 Å². The van der Waals surface area contributed by atoms with Gasteiger partial charge in [-0.25, -0.2) is 0 Å². The number of carbonyl (C=O) groups excluding carboxylic acids is 1. The van der Waals surface area contributed by atoms with Gasteiger partial charge in [0.15, 0.2) is 0 Å². The van der Waals surface area contributed by atoms with Crippen LogP contribution < -0.4 is 0 Å². The van der Waals surface area contributed by atoms with Gasteiger partial charge in [-0.05, 0) is 91.4 Å². The molecule has 6 atom stereocenters. The normalized spacial score (nSPS) is 36.4. The second kappa shape index (κ2) is 6.75. The van der Waals surface area contributed by atoms with Gasteiger partial charge in [-0.2, -0.15) is 0 Å². The molecule has 3 heteroatoms. The highest BCUT2D eigenvalue weighted by atomic mass is 16.3. The lowest BCUT2D eigenvalue weighted by Gasteiger charge is -2.49. The molecule has 2 saturated carbocycles. The van der Waals surface area contributed by atoms with Crippen LogP contribution in [0.15, 0.2) is 18.2 Å². The van der Waals surface area contributed by atoms with Gasteiger partial charge in [0.25, 0.3) is 0 Å². The number of aromatic hydroxyl groups is 1. The summed E-state index contributed by atoms with van der Waals surface area (Å²) in [4.78, 5) is 12.4. The molecule has 0 spiro atoms. The number of hydrogen-bond donors (Lipinski definition) is 2. The number of aliphatic hydroxyl groups is 1. The Morgan fingerprint density at radius 2 is 2.00 bits per heavy atom. The Morgan fingerprint density at radius 3 is 2.80 bits per heavy atom. The molecule has 2 fully saturated rings. The number of aryl methyl sites for hydroxylation is 1. The van der Waals surface area contributed by atoms with Crippen molar-refractivity contribution in [3.63, 3.8) is 0 Å². The zero-order chi connectivity index (χ0) is 17.6. The number of phenols is 1. The van der Waals surface area contributed by atoms with Crippen LogP contribution in [0, 0.1) is 23.7 Å². The van der Waals surface area contributed by atoms with E-state index in [1.165, 1.54) is 11.1 Å². The molecule has 0 bridgehead atoms. The van der Waals surface area contributed by atoms with E-state index in [0.717, 1.165) is 38.5 Å². The quantitative estimate of drug-likeness (QED) is 0.862. The summed E-state index contributed by atoms with van der Waals surface area (Å²) in [6.45, 7) is 2.07. The average molecular weight is 342 g/mol. The van der Waals surface area contributed by atoms with Crippen molar-refractivity contribution in [2.75, 3.05) is 0 Å². The van der Waals surface area contributed by atoms with E-state index in [9.17, 15) is 15.0 Å². The van der Waals surface area contributed by atoms with Gasteiger partial charge >= 0.3 is 0 Å². The lowest BCUT2D eigenvalue weighted by molar-refractivity contribution is -0.121. The van der Waals surface area contributed by atoms with Crippen LogP contribution in [0.4, 0.5) is 0 Å². The van der Waals surface area contributed by atoms with Crippen LogP contribution in [0.2, 0.25) is 0 Å². The molecule has 3 aliphatic rings. The molecular formula is C22H30O3. The maximum Gasteiger partial charge on any atom is 0.133 e. The summed E-state index contributed by atoms with van der Waals surface area (Å²) < 4.78 is 0. The molecule has 1 aromatic rings. The molecule has 4 rings (SSSR count). The summed E-state index contributed by atoms with van der Waals surface area (Å²) in [7, 11) is 0. The molecule has 3 aliphatic carbocycles.